The van der Waals surface area contributed by atoms with Gasteiger partial charge < -0.3 is 0 Å². The highest BCUT2D eigenvalue weighted by Crippen LogP contribution is 2.34. The molecule has 0 unspecified atom stereocenters. The van der Waals surface area contributed by atoms with E-state index in [-0.39, 0.29) is 18.2 Å². The lowest BCUT2D eigenvalue weighted by molar-refractivity contribution is -0.127. The normalized spacial score (nSPS) is 14.5. The molecule has 1 heterocycles. The number of carbonyl (C=O) groups excluding carboxylic acids is 2. The molecule has 0 saturated heterocycles. The van der Waals surface area contributed by atoms with E-state index in [1.165, 1.54) is 4.90 Å². The van der Waals surface area contributed by atoms with Gasteiger partial charge in [0.05, 0.1) is 6.42 Å². The number of benzene rings is 3. The predicted octanol–water partition coefficient (Wildman–Crippen LogP) is 4.32. The third-order valence-corrected chi connectivity index (χ3v) is 4.84. The highest BCUT2D eigenvalue weighted by Gasteiger charge is 2.29. The van der Waals surface area contributed by atoms with Gasteiger partial charge in [-0.3, -0.25) is 14.5 Å². The average Bonchev–Trinajstić information content (AvgIpc) is 2.70. The van der Waals surface area contributed by atoms with Crippen LogP contribution in [0, 0.1) is 0 Å². The van der Waals surface area contributed by atoms with Gasteiger partial charge in [-0.05, 0) is 45.7 Å². The van der Waals surface area contributed by atoms with E-state index in [0.717, 1.165) is 39.9 Å². The predicted molar refractivity (Wildman–Crippen MR) is 96.1 cm³/mol. The summed E-state index contributed by atoms with van der Waals surface area (Å²) in [6.45, 7) is 2.56. The van der Waals surface area contributed by atoms with Crippen molar-refractivity contribution in [2.75, 3.05) is 6.54 Å². The molecule has 3 aromatic carbocycles. The number of amides is 2. The Morgan fingerprint density at radius 1 is 1.00 bits per heavy atom. The van der Waals surface area contributed by atoms with Gasteiger partial charge in [0, 0.05) is 12.1 Å². The van der Waals surface area contributed by atoms with E-state index in [1.807, 2.05) is 36.4 Å². The molecular weight excluding hydrogens is 298 g/mol. The molecule has 24 heavy (non-hydrogen) atoms. The molecular formula is C21H19NO2. The number of carbonyl (C=O) groups is 2. The van der Waals surface area contributed by atoms with E-state index in [2.05, 4.69) is 19.1 Å². The van der Waals surface area contributed by atoms with E-state index < -0.39 is 0 Å². The Morgan fingerprint density at radius 3 is 2.62 bits per heavy atom. The minimum atomic E-state index is -0.159. The summed E-state index contributed by atoms with van der Waals surface area (Å²) in [6.07, 6.45) is 2.08. The first-order valence-electron chi connectivity index (χ1n) is 8.48. The first-order chi connectivity index (χ1) is 11.7. The Kier molecular flexibility index (Phi) is 3.57. The second-order valence-electron chi connectivity index (χ2n) is 6.36. The lowest BCUT2D eigenvalue weighted by Crippen LogP contribution is -2.37. The SMILES string of the molecule is CCCCN1C(=O)Cc2c3ccccc3cc3cccc(c23)C1=O. The summed E-state index contributed by atoms with van der Waals surface area (Å²) in [4.78, 5) is 27.2. The Bertz CT molecular complexity index is 974. The number of rotatable bonds is 3. The summed E-state index contributed by atoms with van der Waals surface area (Å²) in [5.41, 5.74) is 1.63. The fourth-order valence-electron chi connectivity index (χ4n) is 3.64. The molecule has 4 rings (SSSR count). The minimum absolute atomic E-state index is 0.0951. The molecule has 3 aromatic rings. The Labute approximate surface area is 140 Å². The summed E-state index contributed by atoms with van der Waals surface area (Å²) in [5, 5.41) is 4.14. The van der Waals surface area contributed by atoms with Gasteiger partial charge in [0.25, 0.3) is 5.91 Å². The number of fused-ring (bicyclic) bond motifs is 2. The molecule has 0 aliphatic carbocycles. The minimum Gasteiger partial charge on any atom is -0.278 e. The van der Waals surface area contributed by atoms with Crippen molar-refractivity contribution in [3.63, 3.8) is 0 Å². The maximum absolute atomic E-state index is 13.0. The number of unbranched alkanes of at least 4 members (excludes halogenated alkanes) is 1. The number of nitrogens with zero attached hydrogens (tertiary/aromatic N) is 1. The fraction of sp³-hybridized carbons (Fsp3) is 0.238. The van der Waals surface area contributed by atoms with Gasteiger partial charge in [-0.1, -0.05) is 49.7 Å². The summed E-state index contributed by atoms with van der Waals surface area (Å²) in [6, 6.07) is 16.0. The van der Waals surface area contributed by atoms with Crippen molar-refractivity contribution in [2.45, 2.75) is 26.2 Å². The zero-order valence-corrected chi connectivity index (χ0v) is 13.7. The number of hydrogen-bond donors (Lipinski definition) is 0. The van der Waals surface area contributed by atoms with Crippen LogP contribution in [-0.2, 0) is 11.2 Å². The second-order valence-corrected chi connectivity index (χ2v) is 6.36. The quantitative estimate of drug-likeness (QED) is 0.533. The number of hydrogen-bond acceptors (Lipinski definition) is 2. The molecule has 120 valence electrons. The molecule has 1 aliphatic heterocycles. The summed E-state index contributed by atoms with van der Waals surface area (Å²) in [5.74, 6) is -0.254. The first kappa shape index (κ1) is 14.9. The zero-order valence-electron chi connectivity index (χ0n) is 13.7. The molecule has 0 N–H and O–H groups in total. The van der Waals surface area contributed by atoms with Gasteiger partial charge in [0.15, 0.2) is 0 Å². The fourth-order valence-corrected chi connectivity index (χ4v) is 3.64. The lowest BCUT2D eigenvalue weighted by Gasteiger charge is -2.18. The van der Waals surface area contributed by atoms with E-state index in [1.54, 1.807) is 0 Å². The van der Waals surface area contributed by atoms with Gasteiger partial charge >= 0.3 is 0 Å². The molecule has 0 spiro atoms. The van der Waals surface area contributed by atoms with Gasteiger partial charge in [0.1, 0.15) is 0 Å². The Balaban J connectivity index is 2.02. The van der Waals surface area contributed by atoms with Crippen LogP contribution in [0.15, 0.2) is 48.5 Å². The molecule has 2 amide bonds. The summed E-state index contributed by atoms with van der Waals surface area (Å²) in [7, 11) is 0. The van der Waals surface area contributed by atoms with Crippen LogP contribution in [0.4, 0.5) is 0 Å². The Morgan fingerprint density at radius 2 is 1.79 bits per heavy atom. The van der Waals surface area contributed by atoms with Crippen molar-refractivity contribution < 1.29 is 9.59 Å². The highest BCUT2D eigenvalue weighted by atomic mass is 16.2. The monoisotopic (exact) mass is 317 g/mol. The van der Waals surface area contributed by atoms with Crippen molar-refractivity contribution in [2.24, 2.45) is 0 Å². The zero-order chi connectivity index (χ0) is 16.7. The van der Waals surface area contributed by atoms with E-state index >= 15 is 0 Å². The summed E-state index contributed by atoms with van der Waals surface area (Å²) < 4.78 is 0. The molecule has 3 nitrogen and oxygen atoms in total. The third kappa shape index (κ3) is 2.20. The topological polar surface area (TPSA) is 37.4 Å². The first-order valence-corrected chi connectivity index (χ1v) is 8.48. The van der Waals surface area contributed by atoms with Gasteiger partial charge in [-0.25, -0.2) is 0 Å². The molecule has 0 fully saturated rings. The van der Waals surface area contributed by atoms with Crippen molar-refractivity contribution >= 4 is 33.4 Å². The van der Waals surface area contributed by atoms with Crippen LogP contribution in [0.2, 0.25) is 0 Å². The van der Waals surface area contributed by atoms with Crippen LogP contribution in [0.3, 0.4) is 0 Å². The standard InChI is InChI=1S/C21H19NO2/c1-2-3-11-22-19(23)13-18-16-9-5-4-7-14(16)12-15-8-6-10-17(20(15)18)21(22)24/h4-10,12H,2-3,11,13H2,1H3. The van der Waals surface area contributed by atoms with Crippen LogP contribution in [0.1, 0.15) is 35.7 Å². The largest absolute Gasteiger partial charge is 0.278 e. The van der Waals surface area contributed by atoms with Crippen LogP contribution >= 0.6 is 0 Å². The molecule has 3 heteroatoms. The molecule has 0 aromatic heterocycles. The molecule has 1 aliphatic rings. The van der Waals surface area contributed by atoms with Gasteiger partial charge in [-0.15, -0.1) is 0 Å². The Hall–Kier alpha value is -2.68. The molecule has 0 radical (unpaired) electrons. The van der Waals surface area contributed by atoms with E-state index in [4.69, 9.17) is 0 Å². The van der Waals surface area contributed by atoms with E-state index in [0.29, 0.717) is 12.1 Å². The van der Waals surface area contributed by atoms with Crippen LogP contribution in [-0.4, -0.2) is 23.3 Å². The smallest absolute Gasteiger partial charge is 0.261 e. The van der Waals surface area contributed by atoms with Crippen LogP contribution in [0.25, 0.3) is 21.5 Å². The number of imide groups is 1. The lowest BCUT2D eigenvalue weighted by atomic mass is 9.92. The van der Waals surface area contributed by atoms with Gasteiger partial charge in [0.2, 0.25) is 5.91 Å². The van der Waals surface area contributed by atoms with Crippen molar-refractivity contribution in [3.8, 4) is 0 Å². The van der Waals surface area contributed by atoms with Crippen LogP contribution in [0.5, 0.6) is 0 Å². The third-order valence-electron chi connectivity index (χ3n) is 4.84. The molecule has 0 saturated carbocycles. The van der Waals surface area contributed by atoms with Gasteiger partial charge in [-0.2, -0.15) is 0 Å². The van der Waals surface area contributed by atoms with E-state index in [9.17, 15) is 9.59 Å². The van der Waals surface area contributed by atoms with Crippen molar-refractivity contribution in [1.82, 2.24) is 4.90 Å². The maximum Gasteiger partial charge on any atom is 0.261 e. The second kappa shape index (κ2) is 5.75. The molecule has 0 atom stereocenters. The molecule has 0 bridgehead atoms. The van der Waals surface area contributed by atoms with Crippen molar-refractivity contribution in [1.29, 1.82) is 0 Å². The van der Waals surface area contributed by atoms with Crippen LogP contribution < -0.4 is 0 Å². The van der Waals surface area contributed by atoms with Crippen molar-refractivity contribution in [3.05, 3.63) is 59.7 Å². The summed E-state index contributed by atoms with van der Waals surface area (Å²) >= 11 is 0. The average molecular weight is 317 g/mol. The maximum atomic E-state index is 13.0. The highest BCUT2D eigenvalue weighted by molar-refractivity contribution is 6.19.